The predicted octanol–water partition coefficient (Wildman–Crippen LogP) is 3.65. The number of fused-ring (bicyclic) bond motifs is 1. The molecule has 0 radical (unpaired) electrons. The number of rotatable bonds is 1. The summed E-state index contributed by atoms with van der Waals surface area (Å²) in [6, 6.07) is 6.50. The molecule has 1 aliphatic rings. The molecule has 1 atom stereocenters. The molecule has 0 fully saturated rings. The molecule has 76 valence electrons. The van der Waals surface area contributed by atoms with E-state index < -0.39 is 0 Å². The Morgan fingerprint density at radius 1 is 1.43 bits per heavy atom. The summed E-state index contributed by atoms with van der Waals surface area (Å²) in [5, 5.41) is 0. The number of hydrogen-bond donors (Lipinski definition) is 0. The second-order valence-electron chi connectivity index (χ2n) is 4.09. The van der Waals surface area contributed by atoms with Crippen LogP contribution in [0.25, 0.3) is 0 Å². The van der Waals surface area contributed by atoms with Crippen molar-refractivity contribution in [3.8, 4) is 0 Å². The predicted molar refractivity (Wildman–Crippen MR) is 61.4 cm³/mol. The van der Waals surface area contributed by atoms with Gasteiger partial charge in [0.25, 0.3) is 0 Å². The van der Waals surface area contributed by atoms with Gasteiger partial charge in [-0.3, -0.25) is 0 Å². The molecule has 0 amide bonds. The van der Waals surface area contributed by atoms with Gasteiger partial charge < -0.3 is 4.74 Å². The number of aryl methyl sites for hydroxylation is 1. The summed E-state index contributed by atoms with van der Waals surface area (Å²) in [7, 11) is 1.80. The van der Waals surface area contributed by atoms with E-state index in [-0.39, 0.29) is 5.60 Å². The van der Waals surface area contributed by atoms with Crippen molar-refractivity contribution in [2.45, 2.75) is 31.8 Å². The summed E-state index contributed by atoms with van der Waals surface area (Å²) in [5.74, 6) is 0. The molecule has 0 aliphatic heterocycles. The highest BCUT2D eigenvalue weighted by molar-refractivity contribution is 9.10. The lowest BCUT2D eigenvalue weighted by Gasteiger charge is -2.34. The Morgan fingerprint density at radius 2 is 2.21 bits per heavy atom. The number of hydrogen-bond acceptors (Lipinski definition) is 1. The van der Waals surface area contributed by atoms with Gasteiger partial charge in [-0.1, -0.05) is 22.0 Å². The SMILES string of the molecule is COC1(C)CCCc2cc(Br)ccc21. The average molecular weight is 255 g/mol. The maximum Gasteiger partial charge on any atom is 0.0902 e. The van der Waals surface area contributed by atoms with E-state index >= 15 is 0 Å². The first-order valence-corrected chi connectivity index (χ1v) is 5.79. The zero-order valence-electron chi connectivity index (χ0n) is 8.64. The number of benzene rings is 1. The summed E-state index contributed by atoms with van der Waals surface area (Å²) in [5.41, 5.74) is 2.71. The highest BCUT2D eigenvalue weighted by Gasteiger charge is 2.31. The monoisotopic (exact) mass is 254 g/mol. The molecule has 0 bridgehead atoms. The largest absolute Gasteiger partial charge is 0.374 e. The van der Waals surface area contributed by atoms with Gasteiger partial charge in [0, 0.05) is 11.6 Å². The molecule has 1 aliphatic carbocycles. The number of ether oxygens (including phenoxy) is 1. The van der Waals surface area contributed by atoms with Crippen molar-refractivity contribution in [3.05, 3.63) is 33.8 Å². The van der Waals surface area contributed by atoms with Gasteiger partial charge >= 0.3 is 0 Å². The van der Waals surface area contributed by atoms with Crippen LogP contribution < -0.4 is 0 Å². The van der Waals surface area contributed by atoms with Crippen molar-refractivity contribution in [2.75, 3.05) is 7.11 Å². The molecule has 2 heteroatoms. The van der Waals surface area contributed by atoms with Crippen LogP contribution >= 0.6 is 15.9 Å². The van der Waals surface area contributed by atoms with Gasteiger partial charge in [0.1, 0.15) is 0 Å². The third kappa shape index (κ3) is 1.61. The molecule has 2 rings (SSSR count). The zero-order chi connectivity index (χ0) is 10.2. The van der Waals surface area contributed by atoms with Crippen LogP contribution in [0.15, 0.2) is 22.7 Å². The Bertz CT molecular complexity index is 348. The van der Waals surface area contributed by atoms with Crippen LogP contribution in [0.3, 0.4) is 0 Å². The van der Waals surface area contributed by atoms with Crippen LogP contribution in [-0.2, 0) is 16.8 Å². The molecule has 1 aromatic rings. The van der Waals surface area contributed by atoms with E-state index in [0.29, 0.717) is 0 Å². The molecule has 14 heavy (non-hydrogen) atoms. The molecule has 0 N–H and O–H groups in total. The van der Waals surface area contributed by atoms with Gasteiger partial charge in [0.2, 0.25) is 0 Å². The van der Waals surface area contributed by atoms with Gasteiger partial charge in [-0.15, -0.1) is 0 Å². The summed E-state index contributed by atoms with van der Waals surface area (Å²) in [6.07, 6.45) is 3.51. The second kappa shape index (κ2) is 3.67. The van der Waals surface area contributed by atoms with Gasteiger partial charge in [0.15, 0.2) is 0 Å². The molecule has 0 heterocycles. The van der Waals surface area contributed by atoms with Gasteiger partial charge in [-0.05, 0) is 49.4 Å². The van der Waals surface area contributed by atoms with Crippen LogP contribution in [0, 0.1) is 0 Å². The molecular weight excluding hydrogens is 240 g/mol. The van der Waals surface area contributed by atoms with E-state index in [0.717, 1.165) is 10.9 Å². The van der Waals surface area contributed by atoms with Crippen LogP contribution in [-0.4, -0.2) is 7.11 Å². The third-order valence-electron chi connectivity index (χ3n) is 3.19. The molecule has 0 aromatic heterocycles. The molecule has 0 spiro atoms. The van der Waals surface area contributed by atoms with E-state index in [1.54, 1.807) is 7.11 Å². The topological polar surface area (TPSA) is 9.23 Å². The van der Waals surface area contributed by atoms with Crippen molar-refractivity contribution in [3.63, 3.8) is 0 Å². The highest BCUT2D eigenvalue weighted by atomic mass is 79.9. The van der Waals surface area contributed by atoms with E-state index in [9.17, 15) is 0 Å². The van der Waals surface area contributed by atoms with Crippen LogP contribution in [0.4, 0.5) is 0 Å². The van der Waals surface area contributed by atoms with Crippen molar-refractivity contribution in [1.29, 1.82) is 0 Å². The lowest BCUT2D eigenvalue weighted by atomic mass is 9.80. The quantitative estimate of drug-likeness (QED) is 0.744. The van der Waals surface area contributed by atoms with Gasteiger partial charge in [0.05, 0.1) is 5.60 Å². The Labute approximate surface area is 93.6 Å². The normalized spacial score (nSPS) is 25.9. The van der Waals surface area contributed by atoms with E-state index in [1.807, 2.05) is 0 Å². The smallest absolute Gasteiger partial charge is 0.0902 e. The van der Waals surface area contributed by atoms with Crippen LogP contribution in [0.1, 0.15) is 30.9 Å². The summed E-state index contributed by atoms with van der Waals surface area (Å²) in [4.78, 5) is 0. The van der Waals surface area contributed by atoms with Crippen molar-refractivity contribution >= 4 is 15.9 Å². The van der Waals surface area contributed by atoms with Crippen molar-refractivity contribution in [2.24, 2.45) is 0 Å². The molecule has 1 nitrogen and oxygen atoms in total. The Hall–Kier alpha value is -0.340. The fraction of sp³-hybridized carbons (Fsp3) is 0.500. The standard InChI is InChI=1S/C12H15BrO/c1-12(14-2)7-3-4-9-8-10(13)5-6-11(9)12/h5-6,8H,3-4,7H2,1-2H3. The molecule has 1 aromatic carbocycles. The van der Waals surface area contributed by atoms with Gasteiger partial charge in [-0.25, -0.2) is 0 Å². The summed E-state index contributed by atoms with van der Waals surface area (Å²) >= 11 is 3.51. The number of halogens is 1. The minimum atomic E-state index is -0.0751. The summed E-state index contributed by atoms with van der Waals surface area (Å²) in [6.45, 7) is 2.18. The third-order valence-corrected chi connectivity index (χ3v) is 3.68. The molecule has 1 unspecified atom stereocenters. The first kappa shape index (κ1) is 10.2. The lowest BCUT2D eigenvalue weighted by Crippen LogP contribution is -2.29. The fourth-order valence-electron chi connectivity index (χ4n) is 2.25. The highest BCUT2D eigenvalue weighted by Crippen LogP contribution is 2.38. The second-order valence-corrected chi connectivity index (χ2v) is 5.01. The van der Waals surface area contributed by atoms with E-state index in [2.05, 4.69) is 41.1 Å². The maximum absolute atomic E-state index is 5.63. The number of methoxy groups -OCH3 is 1. The molecule has 0 saturated carbocycles. The summed E-state index contributed by atoms with van der Waals surface area (Å²) < 4.78 is 6.79. The molecule has 0 saturated heterocycles. The minimum Gasteiger partial charge on any atom is -0.374 e. The maximum atomic E-state index is 5.63. The molecular formula is C12H15BrO. The van der Waals surface area contributed by atoms with Gasteiger partial charge in [-0.2, -0.15) is 0 Å². The van der Waals surface area contributed by atoms with Crippen molar-refractivity contribution in [1.82, 2.24) is 0 Å². The van der Waals surface area contributed by atoms with Crippen LogP contribution in [0.5, 0.6) is 0 Å². The van der Waals surface area contributed by atoms with E-state index in [4.69, 9.17) is 4.74 Å². The minimum absolute atomic E-state index is 0.0751. The first-order chi connectivity index (χ1) is 6.65. The fourth-order valence-corrected chi connectivity index (χ4v) is 2.66. The Balaban J connectivity index is 2.50. The van der Waals surface area contributed by atoms with E-state index in [1.165, 1.54) is 24.0 Å². The Morgan fingerprint density at radius 3 is 2.93 bits per heavy atom. The Kier molecular flexibility index (Phi) is 2.67. The average Bonchev–Trinajstić information content (AvgIpc) is 2.18. The van der Waals surface area contributed by atoms with Crippen molar-refractivity contribution < 1.29 is 4.74 Å². The first-order valence-electron chi connectivity index (χ1n) is 5.00. The lowest BCUT2D eigenvalue weighted by molar-refractivity contribution is -0.0125. The zero-order valence-corrected chi connectivity index (χ0v) is 10.2. The van der Waals surface area contributed by atoms with Crippen LogP contribution in [0.2, 0.25) is 0 Å².